The topological polar surface area (TPSA) is 61.8 Å². The third-order valence-corrected chi connectivity index (χ3v) is 3.18. The van der Waals surface area contributed by atoms with Crippen molar-refractivity contribution in [1.29, 1.82) is 0 Å². The average Bonchev–Trinajstić information content (AvgIpc) is 2.23. The maximum absolute atomic E-state index is 11.0. The predicted octanol–water partition coefficient (Wildman–Crippen LogP) is 0.853. The molecule has 0 amide bonds. The van der Waals surface area contributed by atoms with Gasteiger partial charge in [0.2, 0.25) is 0 Å². The Balaban J connectivity index is 3.45. The van der Waals surface area contributed by atoms with Crippen LogP contribution in [-0.2, 0) is 23.2 Å². The highest BCUT2D eigenvalue weighted by Gasteiger charge is 2.06. The van der Waals surface area contributed by atoms with Crippen LogP contribution in [0, 0.1) is 0 Å². The van der Waals surface area contributed by atoms with Gasteiger partial charge in [-0.1, -0.05) is 6.58 Å². The molecular formula is C11H20O5Si. The predicted molar refractivity (Wildman–Crippen MR) is 65.9 cm³/mol. The van der Waals surface area contributed by atoms with Crippen molar-refractivity contribution in [3.8, 4) is 0 Å². The molecule has 0 aromatic carbocycles. The molecule has 0 fully saturated rings. The highest BCUT2D eigenvalue weighted by atomic mass is 28.3. The highest BCUT2D eigenvalue weighted by molar-refractivity contribution is 6.22. The standard InChI is InChI=1S/C11H20O5Si/c1-8(2)11(13)14-7-5-6-9(3)15-17-16-10(4)12/h9H,1,5-7,17H2,2-4H3. The van der Waals surface area contributed by atoms with Crippen molar-refractivity contribution in [3.05, 3.63) is 12.2 Å². The Kier molecular flexibility index (Phi) is 8.34. The van der Waals surface area contributed by atoms with Crippen molar-refractivity contribution in [2.75, 3.05) is 6.61 Å². The van der Waals surface area contributed by atoms with Gasteiger partial charge < -0.3 is 13.6 Å². The molecule has 0 radical (unpaired) electrons. The summed E-state index contributed by atoms with van der Waals surface area (Å²) in [4.78, 5) is 21.5. The first-order valence-corrected chi connectivity index (χ1v) is 6.66. The van der Waals surface area contributed by atoms with Gasteiger partial charge in [-0.05, 0) is 26.7 Å². The number of rotatable bonds is 8. The molecule has 0 aromatic rings. The van der Waals surface area contributed by atoms with Gasteiger partial charge in [0, 0.05) is 18.6 Å². The Bertz CT molecular complexity index is 277. The molecule has 0 rings (SSSR count). The van der Waals surface area contributed by atoms with Gasteiger partial charge >= 0.3 is 16.0 Å². The van der Waals surface area contributed by atoms with Gasteiger partial charge in [-0.15, -0.1) is 0 Å². The quantitative estimate of drug-likeness (QED) is 0.280. The second-order valence-corrected chi connectivity index (χ2v) is 4.65. The first-order valence-electron chi connectivity index (χ1n) is 5.51. The summed E-state index contributed by atoms with van der Waals surface area (Å²) >= 11 is 0. The summed E-state index contributed by atoms with van der Waals surface area (Å²) in [7, 11) is -1.22. The Labute approximate surface area is 104 Å². The molecule has 5 nitrogen and oxygen atoms in total. The van der Waals surface area contributed by atoms with Crippen LogP contribution in [0.1, 0.15) is 33.6 Å². The van der Waals surface area contributed by atoms with Crippen LogP contribution in [0.3, 0.4) is 0 Å². The summed E-state index contributed by atoms with van der Waals surface area (Å²) in [5.74, 6) is -0.674. The van der Waals surface area contributed by atoms with E-state index in [1.54, 1.807) is 6.92 Å². The average molecular weight is 260 g/mol. The first-order chi connectivity index (χ1) is 7.93. The summed E-state index contributed by atoms with van der Waals surface area (Å²) in [5, 5.41) is 0. The first kappa shape index (κ1) is 15.9. The SMILES string of the molecule is C=C(C)C(=O)OCCCC(C)O[SiH2]OC(C)=O. The molecule has 0 aliphatic heterocycles. The summed E-state index contributed by atoms with van der Waals surface area (Å²) < 4.78 is 15.0. The van der Waals surface area contributed by atoms with Crippen molar-refractivity contribution in [2.45, 2.75) is 39.7 Å². The van der Waals surface area contributed by atoms with E-state index < -0.39 is 10.0 Å². The Morgan fingerprint density at radius 1 is 1.35 bits per heavy atom. The van der Waals surface area contributed by atoms with Gasteiger partial charge in [0.05, 0.1) is 6.61 Å². The number of carbonyl (C=O) groups excluding carboxylic acids is 2. The van der Waals surface area contributed by atoms with E-state index in [0.29, 0.717) is 18.6 Å². The Hall–Kier alpha value is -1.14. The molecule has 1 unspecified atom stereocenters. The molecule has 0 aromatic heterocycles. The monoisotopic (exact) mass is 260 g/mol. The lowest BCUT2D eigenvalue weighted by Crippen LogP contribution is -2.17. The minimum absolute atomic E-state index is 0.0181. The minimum atomic E-state index is -1.22. The van der Waals surface area contributed by atoms with Crippen LogP contribution in [0.4, 0.5) is 0 Å². The summed E-state index contributed by atoms with van der Waals surface area (Å²) in [5.41, 5.74) is 0.400. The van der Waals surface area contributed by atoms with Gasteiger partial charge in [0.15, 0.2) is 0 Å². The van der Waals surface area contributed by atoms with Crippen molar-refractivity contribution < 1.29 is 23.2 Å². The second-order valence-electron chi connectivity index (χ2n) is 3.79. The van der Waals surface area contributed by atoms with Crippen LogP contribution in [0.15, 0.2) is 12.2 Å². The Morgan fingerprint density at radius 2 is 2.00 bits per heavy atom. The minimum Gasteiger partial charge on any atom is -0.499 e. The Morgan fingerprint density at radius 3 is 2.53 bits per heavy atom. The zero-order valence-corrected chi connectivity index (χ0v) is 12.1. The van der Waals surface area contributed by atoms with E-state index in [0.717, 1.165) is 6.42 Å². The smallest absolute Gasteiger partial charge is 0.369 e. The summed E-state index contributed by atoms with van der Waals surface area (Å²) in [6, 6.07) is 0. The zero-order valence-electron chi connectivity index (χ0n) is 10.7. The molecule has 0 heterocycles. The molecule has 0 saturated heterocycles. The fourth-order valence-corrected chi connectivity index (χ4v) is 1.61. The van der Waals surface area contributed by atoms with Gasteiger partial charge in [-0.3, -0.25) is 4.79 Å². The third kappa shape index (κ3) is 9.77. The largest absolute Gasteiger partial charge is 0.499 e. The van der Waals surface area contributed by atoms with Crippen LogP contribution >= 0.6 is 0 Å². The van der Waals surface area contributed by atoms with Gasteiger partial charge in [-0.25, -0.2) is 4.79 Å². The zero-order chi connectivity index (χ0) is 13.3. The molecule has 0 aliphatic rings. The van der Waals surface area contributed by atoms with E-state index in [1.165, 1.54) is 6.92 Å². The normalized spacial score (nSPS) is 12.4. The highest BCUT2D eigenvalue weighted by Crippen LogP contribution is 2.02. The van der Waals surface area contributed by atoms with Crippen molar-refractivity contribution in [3.63, 3.8) is 0 Å². The molecular weight excluding hydrogens is 240 g/mol. The molecule has 6 heteroatoms. The number of ether oxygens (including phenoxy) is 1. The van der Waals surface area contributed by atoms with Crippen molar-refractivity contribution in [2.24, 2.45) is 0 Å². The van der Waals surface area contributed by atoms with E-state index in [-0.39, 0.29) is 18.0 Å². The second kappa shape index (κ2) is 8.95. The summed E-state index contributed by atoms with van der Waals surface area (Å²) in [6.45, 7) is 8.71. The van der Waals surface area contributed by atoms with E-state index in [1.807, 2.05) is 6.92 Å². The molecule has 0 saturated carbocycles. The third-order valence-electron chi connectivity index (χ3n) is 1.95. The number of hydrogen-bond acceptors (Lipinski definition) is 5. The fourth-order valence-electron chi connectivity index (χ4n) is 0.975. The van der Waals surface area contributed by atoms with Gasteiger partial charge in [-0.2, -0.15) is 0 Å². The lowest BCUT2D eigenvalue weighted by Gasteiger charge is -2.12. The van der Waals surface area contributed by atoms with Crippen molar-refractivity contribution >= 4 is 21.9 Å². The van der Waals surface area contributed by atoms with Crippen LogP contribution in [-0.4, -0.2) is 34.7 Å². The maximum Gasteiger partial charge on any atom is 0.369 e. The van der Waals surface area contributed by atoms with Crippen LogP contribution in [0.25, 0.3) is 0 Å². The van der Waals surface area contributed by atoms with Gasteiger partial charge in [0.25, 0.3) is 5.97 Å². The lowest BCUT2D eigenvalue weighted by atomic mass is 10.2. The number of esters is 1. The van der Waals surface area contributed by atoms with E-state index in [4.69, 9.17) is 13.6 Å². The molecule has 1 atom stereocenters. The van der Waals surface area contributed by atoms with Gasteiger partial charge in [0.1, 0.15) is 0 Å². The molecule has 0 spiro atoms. The molecule has 98 valence electrons. The number of carbonyl (C=O) groups is 2. The molecule has 0 aliphatic carbocycles. The molecule has 17 heavy (non-hydrogen) atoms. The van der Waals surface area contributed by atoms with E-state index >= 15 is 0 Å². The lowest BCUT2D eigenvalue weighted by molar-refractivity contribution is -0.139. The van der Waals surface area contributed by atoms with Crippen LogP contribution < -0.4 is 0 Å². The molecule has 0 N–H and O–H groups in total. The van der Waals surface area contributed by atoms with E-state index in [2.05, 4.69) is 6.58 Å². The summed E-state index contributed by atoms with van der Waals surface area (Å²) in [6.07, 6.45) is 1.50. The molecule has 0 bridgehead atoms. The maximum atomic E-state index is 11.0. The number of hydrogen-bond donors (Lipinski definition) is 0. The van der Waals surface area contributed by atoms with E-state index in [9.17, 15) is 9.59 Å². The fraction of sp³-hybridized carbons (Fsp3) is 0.636. The van der Waals surface area contributed by atoms with Crippen LogP contribution in [0.2, 0.25) is 0 Å². The van der Waals surface area contributed by atoms with Crippen LogP contribution in [0.5, 0.6) is 0 Å². The van der Waals surface area contributed by atoms with Crippen molar-refractivity contribution in [1.82, 2.24) is 0 Å².